The van der Waals surface area contributed by atoms with Crippen LogP contribution in [0.1, 0.15) is 31.7 Å². The lowest BCUT2D eigenvalue weighted by atomic mass is 9.99. The average molecular weight is 204 g/mol. The maximum Gasteiger partial charge on any atom is 0.0774 e. The van der Waals surface area contributed by atoms with Crippen molar-refractivity contribution in [2.45, 2.75) is 38.8 Å². The number of nitrogens with zero attached hydrogens (tertiary/aromatic N) is 1. The normalized spacial score (nSPS) is 20.1. The quantitative estimate of drug-likeness (QED) is 0.819. The molecule has 1 aromatic carbocycles. The summed E-state index contributed by atoms with van der Waals surface area (Å²) >= 11 is 0. The molecule has 0 aliphatic carbocycles. The van der Waals surface area contributed by atoms with Crippen LogP contribution >= 0.6 is 0 Å². The van der Waals surface area contributed by atoms with Crippen LogP contribution < -0.4 is 10.6 Å². The molecule has 82 valence electrons. The van der Waals surface area contributed by atoms with Gasteiger partial charge in [-0.05, 0) is 30.9 Å². The van der Waals surface area contributed by atoms with E-state index in [2.05, 4.69) is 36.1 Å². The van der Waals surface area contributed by atoms with E-state index in [1.54, 1.807) is 0 Å². The number of fused-ring (bicyclic) bond motifs is 1. The molecule has 1 aromatic rings. The Bertz CT molecular complexity index is 322. The molecule has 2 nitrogen and oxygen atoms in total. The molecule has 0 saturated heterocycles. The van der Waals surface area contributed by atoms with Gasteiger partial charge in [0.15, 0.2) is 0 Å². The van der Waals surface area contributed by atoms with Gasteiger partial charge in [-0.15, -0.1) is 0 Å². The van der Waals surface area contributed by atoms with E-state index < -0.39 is 0 Å². The Balaban J connectivity index is 2.21. The van der Waals surface area contributed by atoms with Crippen molar-refractivity contribution in [2.24, 2.45) is 5.73 Å². The second-order valence-corrected chi connectivity index (χ2v) is 4.28. The Morgan fingerprint density at radius 1 is 1.40 bits per heavy atom. The first-order valence-electron chi connectivity index (χ1n) is 5.93. The summed E-state index contributed by atoms with van der Waals surface area (Å²) in [5.74, 6) is 0. The van der Waals surface area contributed by atoms with Crippen LogP contribution in [0.25, 0.3) is 0 Å². The van der Waals surface area contributed by atoms with Crippen molar-refractivity contribution in [1.29, 1.82) is 0 Å². The SMILES string of the molecule is CCCCN1c2ccccc2CCC1N. The molecular formula is C13H20N2. The standard InChI is InChI=1S/C13H20N2/c1-2-3-10-15-12-7-5-4-6-11(12)8-9-13(15)14/h4-7,13H,2-3,8-10,14H2,1H3. The third-order valence-corrected chi connectivity index (χ3v) is 3.16. The molecule has 1 aliphatic heterocycles. The maximum absolute atomic E-state index is 6.16. The highest BCUT2D eigenvalue weighted by molar-refractivity contribution is 5.56. The Kier molecular flexibility index (Phi) is 3.27. The lowest BCUT2D eigenvalue weighted by Gasteiger charge is -2.36. The molecule has 2 N–H and O–H groups in total. The third kappa shape index (κ3) is 2.15. The number of para-hydroxylation sites is 1. The summed E-state index contributed by atoms with van der Waals surface area (Å²) in [4.78, 5) is 2.36. The van der Waals surface area contributed by atoms with Gasteiger partial charge in [-0.25, -0.2) is 0 Å². The van der Waals surface area contributed by atoms with Crippen LogP contribution in [0.15, 0.2) is 24.3 Å². The van der Waals surface area contributed by atoms with Gasteiger partial charge in [0.2, 0.25) is 0 Å². The van der Waals surface area contributed by atoms with E-state index in [1.165, 1.54) is 24.1 Å². The van der Waals surface area contributed by atoms with Crippen molar-refractivity contribution in [2.75, 3.05) is 11.4 Å². The zero-order valence-corrected chi connectivity index (χ0v) is 9.45. The lowest BCUT2D eigenvalue weighted by Crippen LogP contribution is -2.45. The number of rotatable bonds is 3. The largest absolute Gasteiger partial charge is 0.356 e. The minimum atomic E-state index is 0.214. The van der Waals surface area contributed by atoms with Crippen LogP contribution in [0.2, 0.25) is 0 Å². The van der Waals surface area contributed by atoms with Crippen molar-refractivity contribution in [3.8, 4) is 0 Å². The van der Waals surface area contributed by atoms with Gasteiger partial charge < -0.3 is 10.6 Å². The highest BCUT2D eigenvalue weighted by Crippen LogP contribution is 2.28. The molecule has 0 spiro atoms. The topological polar surface area (TPSA) is 29.3 Å². The molecule has 0 saturated carbocycles. The van der Waals surface area contributed by atoms with Crippen LogP contribution in [-0.4, -0.2) is 12.7 Å². The minimum absolute atomic E-state index is 0.214. The fourth-order valence-electron chi connectivity index (χ4n) is 2.26. The van der Waals surface area contributed by atoms with Crippen LogP contribution in [-0.2, 0) is 6.42 Å². The van der Waals surface area contributed by atoms with Crippen molar-refractivity contribution in [1.82, 2.24) is 0 Å². The third-order valence-electron chi connectivity index (χ3n) is 3.16. The summed E-state index contributed by atoms with van der Waals surface area (Å²) in [6, 6.07) is 8.65. The first kappa shape index (κ1) is 10.5. The Morgan fingerprint density at radius 3 is 3.00 bits per heavy atom. The van der Waals surface area contributed by atoms with Crippen LogP contribution in [0.3, 0.4) is 0 Å². The summed E-state index contributed by atoms with van der Waals surface area (Å²) < 4.78 is 0. The fraction of sp³-hybridized carbons (Fsp3) is 0.538. The smallest absolute Gasteiger partial charge is 0.0774 e. The molecular weight excluding hydrogens is 184 g/mol. The van der Waals surface area contributed by atoms with E-state index in [4.69, 9.17) is 5.73 Å². The van der Waals surface area contributed by atoms with E-state index in [1.807, 2.05) is 0 Å². The van der Waals surface area contributed by atoms with Crippen molar-refractivity contribution in [3.05, 3.63) is 29.8 Å². The molecule has 2 rings (SSSR count). The van der Waals surface area contributed by atoms with Crippen LogP contribution in [0.5, 0.6) is 0 Å². The van der Waals surface area contributed by atoms with E-state index in [-0.39, 0.29) is 6.17 Å². The molecule has 1 unspecified atom stereocenters. The number of aryl methyl sites for hydroxylation is 1. The van der Waals surface area contributed by atoms with Crippen molar-refractivity contribution >= 4 is 5.69 Å². The average Bonchev–Trinajstić information content (AvgIpc) is 2.28. The number of hydrogen-bond donors (Lipinski definition) is 1. The highest BCUT2D eigenvalue weighted by atomic mass is 15.2. The molecule has 15 heavy (non-hydrogen) atoms. The summed E-state index contributed by atoms with van der Waals surface area (Å²) in [7, 11) is 0. The van der Waals surface area contributed by atoms with Crippen molar-refractivity contribution < 1.29 is 0 Å². The first-order valence-corrected chi connectivity index (χ1v) is 5.93. The highest BCUT2D eigenvalue weighted by Gasteiger charge is 2.21. The monoisotopic (exact) mass is 204 g/mol. The second kappa shape index (κ2) is 4.67. The van der Waals surface area contributed by atoms with E-state index in [9.17, 15) is 0 Å². The number of benzene rings is 1. The second-order valence-electron chi connectivity index (χ2n) is 4.28. The molecule has 0 fully saturated rings. The van der Waals surface area contributed by atoms with Gasteiger partial charge in [0, 0.05) is 12.2 Å². The number of hydrogen-bond acceptors (Lipinski definition) is 2. The zero-order chi connectivity index (χ0) is 10.7. The predicted octanol–water partition coefficient (Wildman–Crippen LogP) is 2.52. The van der Waals surface area contributed by atoms with Gasteiger partial charge in [-0.1, -0.05) is 31.5 Å². The van der Waals surface area contributed by atoms with Gasteiger partial charge in [-0.2, -0.15) is 0 Å². The summed E-state index contributed by atoms with van der Waals surface area (Å²) in [5, 5.41) is 0. The fourth-order valence-corrected chi connectivity index (χ4v) is 2.26. The molecule has 0 bridgehead atoms. The number of unbranched alkanes of at least 4 members (excludes halogenated alkanes) is 1. The van der Waals surface area contributed by atoms with Crippen LogP contribution in [0, 0.1) is 0 Å². The minimum Gasteiger partial charge on any atom is -0.356 e. The summed E-state index contributed by atoms with van der Waals surface area (Å²) in [5.41, 5.74) is 8.97. The number of anilines is 1. The summed E-state index contributed by atoms with van der Waals surface area (Å²) in [6.45, 7) is 3.32. The van der Waals surface area contributed by atoms with Gasteiger partial charge >= 0.3 is 0 Å². The predicted molar refractivity (Wildman–Crippen MR) is 65.0 cm³/mol. The van der Waals surface area contributed by atoms with Gasteiger partial charge in [0.25, 0.3) is 0 Å². The first-order chi connectivity index (χ1) is 7.33. The molecule has 1 atom stereocenters. The van der Waals surface area contributed by atoms with E-state index in [0.717, 1.165) is 19.4 Å². The Hall–Kier alpha value is -1.02. The van der Waals surface area contributed by atoms with Gasteiger partial charge in [0.05, 0.1) is 6.17 Å². The molecule has 1 aliphatic rings. The van der Waals surface area contributed by atoms with Crippen molar-refractivity contribution in [3.63, 3.8) is 0 Å². The molecule has 0 aromatic heterocycles. The number of nitrogens with two attached hydrogens (primary N) is 1. The maximum atomic E-state index is 6.16. The molecule has 0 amide bonds. The van der Waals surface area contributed by atoms with Crippen LogP contribution in [0.4, 0.5) is 5.69 Å². The van der Waals surface area contributed by atoms with E-state index >= 15 is 0 Å². The molecule has 0 radical (unpaired) electrons. The summed E-state index contributed by atoms with van der Waals surface area (Å²) in [6.07, 6.45) is 4.88. The van der Waals surface area contributed by atoms with E-state index in [0.29, 0.717) is 0 Å². The zero-order valence-electron chi connectivity index (χ0n) is 9.45. The molecule has 2 heteroatoms. The van der Waals surface area contributed by atoms with Gasteiger partial charge in [0.1, 0.15) is 0 Å². The molecule has 1 heterocycles. The lowest BCUT2D eigenvalue weighted by molar-refractivity contribution is 0.531. The Morgan fingerprint density at radius 2 is 2.20 bits per heavy atom. The Labute approximate surface area is 92.1 Å². The van der Waals surface area contributed by atoms with Gasteiger partial charge in [-0.3, -0.25) is 0 Å².